The number of likely N-dealkylation sites (tertiary alicyclic amines) is 2. The van der Waals surface area contributed by atoms with Gasteiger partial charge in [-0.05, 0) is 50.8 Å². The Morgan fingerprint density at radius 1 is 1.28 bits per heavy atom. The number of piperidine rings is 1. The molecule has 0 radical (unpaired) electrons. The Hall–Kier alpha value is -1.59. The Morgan fingerprint density at radius 2 is 1.96 bits per heavy atom. The quantitative estimate of drug-likeness (QED) is 0.909. The smallest absolute Gasteiger partial charge is 0.219 e. The van der Waals surface area contributed by atoms with E-state index in [2.05, 4.69) is 17.0 Å². The highest BCUT2D eigenvalue weighted by Crippen LogP contribution is 2.48. The van der Waals surface area contributed by atoms with Crippen LogP contribution in [-0.2, 0) is 11.3 Å². The predicted molar refractivity (Wildman–Crippen MR) is 97.4 cm³/mol. The number of aliphatic hydroxyl groups excluding tert-OH is 1. The van der Waals surface area contributed by atoms with E-state index in [4.69, 9.17) is 4.74 Å². The van der Waals surface area contributed by atoms with Crippen LogP contribution < -0.4 is 4.74 Å². The molecule has 1 atom stereocenters. The Morgan fingerprint density at radius 3 is 2.52 bits per heavy atom. The number of carbonyl (C=O) groups is 1. The second-order valence-corrected chi connectivity index (χ2v) is 8.02. The van der Waals surface area contributed by atoms with Crippen LogP contribution in [0.25, 0.3) is 0 Å². The molecule has 1 aromatic rings. The van der Waals surface area contributed by atoms with Crippen molar-refractivity contribution in [3.8, 4) is 5.75 Å². The predicted octanol–water partition coefficient (Wildman–Crippen LogP) is 2.28. The van der Waals surface area contributed by atoms with Gasteiger partial charge in [-0.15, -0.1) is 0 Å². The molecule has 0 aromatic heterocycles. The van der Waals surface area contributed by atoms with Gasteiger partial charge in [-0.1, -0.05) is 18.2 Å². The van der Waals surface area contributed by atoms with E-state index in [1.807, 2.05) is 24.0 Å². The number of hydrogen-bond donors (Lipinski definition) is 1. The molecule has 2 saturated heterocycles. The molecule has 1 spiro atoms. The lowest BCUT2D eigenvalue weighted by Gasteiger charge is -2.39. The number of amides is 1. The number of nitrogens with zero attached hydrogens (tertiary/aromatic N) is 2. The van der Waals surface area contributed by atoms with Gasteiger partial charge in [0.25, 0.3) is 0 Å². The van der Waals surface area contributed by atoms with Crippen molar-refractivity contribution in [1.29, 1.82) is 0 Å². The standard InChI is InChI=1S/C20H30N2O3/c1-16(24)22-14-20(13-19(22,2)15-23)8-10-21(11-9-20)12-17-6-4-5-7-18(17)25-3/h4-7,23H,8-15H2,1-3H3. The average molecular weight is 346 g/mol. The molecule has 2 aliphatic rings. The van der Waals surface area contributed by atoms with Gasteiger partial charge in [0.15, 0.2) is 0 Å². The van der Waals surface area contributed by atoms with Gasteiger partial charge in [0.2, 0.25) is 5.91 Å². The number of carbonyl (C=O) groups excluding carboxylic acids is 1. The molecule has 3 rings (SSSR count). The molecular weight excluding hydrogens is 316 g/mol. The maximum absolute atomic E-state index is 12.0. The Kier molecular flexibility index (Phi) is 5.07. The van der Waals surface area contributed by atoms with Crippen molar-refractivity contribution in [2.24, 2.45) is 5.41 Å². The van der Waals surface area contributed by atoms with Crippen molar-refractivity contribution >= 4 is 5.91 Å². The second-order valence-electron chi connectivity index (χ2n) is 8.02. The second kappa shape index (κ2) is 6.96. The maximum Gasteiger partial charge on any atom is 0.219 e. The van der Waals surface area contributed by atoms with Gasteiger partial charge in [-0.25, -0.2) is 0 Å². The fourth-order valence-electron chi connectivity index (χ4n) is 4.71. The topological polar surface area (TPSA) is 53.0 Å². The molecule has 1 amide bonds. The SMILES string of the molecule is COc1ccccc1CN1CCC2(CC1)CN(C(C)=O)C(C)(CO)C2. The summed E-state index contributed by atoms with van der Waals surface area (Å²) in [6.45, 7) is 7.39. The van der Waals surface area contributed by atoms with E-state index >= 15 is 0 Å². The third kappa shape index (κ3) is 3.53. The number of benzene rings is 1. The molecule has 138 valence electrons. The number of aliphatic hydroxyl groups is 1. The molecular formula is C20H30N2O3. The minimum absolute atomic E-state index is 0.0409. The van der Waals surface area contributed by atoms with Crippen LogP contribution in [0.3, 0.4) is 0 Å². The largest absolute Gasteiger partial charge is 0.496 e. The Labute approximate surface area is 150 Å². The summed E-state index contributed by atoms with van der Waals surface area (Å²) in [5.74, 6) is 1.02. The molecule has 2 fully saturated rings. The lowest BCUT2D eigenvalue weighted by molar-refractivity contribution is -0.134. The Balaban J connectivity index is 1.65. The molecule has 2 heterocycles. The van der Waals surface area contributed by atoms with Crippen LogP contribution in [0.1, 0.15) is 38.7 Å². The summed E-state index contributed by atoms with van der Waals surface area (Å²) < 4.78 is 5.46. The van der Waals surface area contributed by atoms with E-state index in [1.165, 1.54) is 5.56 Å². The number of hydrogen-bond acceptors (Lipinski definition) is 4. The summed E-state index contributed by atoms with van der Waals surface area (Å²) >= 11 is 0. The zero-order valence-electron chi connectivity index (χ0n) is 15.6. The van der Waals surface area contributed by atoms with Gasteiger partial charge in [-0.3, -0.25) is 9.69 Å². The van der Waals surface area contributed by atoms with Crippen LogP contribution >= 0.6 is 0 Å². The summed E-state index contributed by atoms with van der Waals surface area (Å²) in [6, 6.07) is 8.18. The lowest BCUT2D eigenvalue weighted by Crippen LogP contribution is -2.46. The van der Waals surface area contributed by atoms with Gasteiger partial charge in [0.1, 0.15) is 5.75 Å². The fraction of sp³-hybridized carbons (Fsp3) is 0.650. The number of ether oxygens (including phenoxy) is 1. The lowest BCUT2D eigenvalue weighted by atomic mass is 9.74. The minimum atomic E-state index is -0.406. The zero-order valence-corrected chi connectivity index (χ0v) is 15.6. The van der Waals surface area contributed by atoms with E-state index in [0.29, 0.717) is 0 Å². The molecule has 1 aromatic carbocycles. The normalized spacial score (nSPS) is 26.2. The van der Waals surface area contributed by atoms with Gasteiger partial charge in [-0.2, -0.15) is 0 Å². The molecule has 1 N–H and O–H groups in total. The molecule has 5 nitrogen and oxygen atoms in total. The van der Waals surface area contributed by atoms with E-state index in [9.17, 15) is 9.90 Å². The van der Waals surface area contributed by atoms with Crippen LogP contribution in [0, 0.1) is 5.41 Å². The third-order valence-corrected chi connectivity index (χ3v) is 6.12. The number of rotatable bonds is 4. The Bertz CT molecular complexity index is 625. The summed E-state index contributed by atoms with van der Waals surface area (Å²) in [4.78, 5) is 16.4. The third-order valence-electron chi connectivity index (χ3n) is 6.12. The van der Waals surface area contributed by atoms with Crippen molar-refractivity contribution in [3.63, 3.8) is 0 Å². The van der Waals surface area contributed by atoms with Gasteiger partial charge in [0.05, 0.1) is 19.3 Å². The van der Waals surface area contributed by atoms with E-state index in [-0.39, 0.29) is 17.9 Å². The minimum Gasteiger partial charge on any atom is -0.496 e. The van der Waals surface area contributed by atoms with E-state index < -0.39 is 5.54 Å². The van der Waals surface area contributed by atoms with E-state index in [1.54, 1.807) is 14.0 Å². The van der Waals surface area contributed by atoms with Crippen molar-refractivity contribution in [1.82, 2.24) is 9.80 Å². The molecule has 5 heteroatoms. The first kappa shape index (κ1) is 18.2. The number of methoxy groups -OCH3 is 1. The summed E-state index contributed by atoms with van der Waals surface area (Å²) in [6.07, 6.45) is 3.04. The first-order valence-electron chi connectivity index (χ1n) is 9.15. The van der Waals surface area contributed by atoms with Crippen LogP contribution in [0.15, 0.2) is 24.3 Å². The first-order valence-corrected chi connectivity index (χ1v) is 9.15. The van der Waals surface area contributed by atoms with Gasteiger partial charge >= 0.3 is 0 Å². The molecule has 0 aliphatic carbocycles. The highest BCUT2D eigenvalue weighted by molar-refractivity contribution is 5.74. The van der Waals surface area contributed by atoms with Crippen molar-refractivity contribution < 1.29 is 14.6 Å². The molecule has 2 aliphatic heterocycles. The average Bonchev–Trinajstić information content (AvgIpc) is 2.91. The summed E-state index contributed by atoms with van der Waals surface area (Å²) in [5, 5.41) is 9.84. The van der Waals surface area contributed by atoms with Crippen LogP contribution in [0.4, 0.5) is 0 Å². The van der Waals surface area contributed by atoms with Crippen molar-refractivity contribution in [2.75, 3.05) is 33.4 Å². The summed E-state index contributed by atoms with van der Waals surface area (Å²) in [5.41, 5.74) is 0.967. The van der Waals surface area contributed by atoms with Crippen molar-refractivity contribution in [3.05, 3.63) is 29.8 Å². The van der Waals surface area contributed by atoms with E-state index in [0.717, 1.165) is 51.2 Å². The highest BCUT2D eigenvalue weighted by Gasteiger charge is 2.52. The zero-order chi connectivity index (χ0) is 18.1. The molecule has 1 unspecified atom stereocenters. The van der Waals surface area contributed by atoms with Gasteiger partial charge in [0, 0.05) is 25.6 Å². The van der Waals surface area contributed by atoms with Crippen LogP contribution in [0.2, 0.25) is 0 Å². The van der Waals surface area contributed by atoms with Crippen LogP contribution in [-0.4, -0.2) is 59.7 Å². The number of para-hydroxylation sites is 1. The highest BCUT2D eigenvalue weighted by atomic mass is 16.5. The summed E-state index contributed by atoms with van der Waals surface area (Å²) in [7, 11) is 1.72. The van der Waals surface area contributed by atoms with Gasteiger partial charge < -0.3 is 14.7 Å². The monoisotopic (exact) mass is 346 g/mol. The maximum atomic E-state index is 12.0. The first-order chi connectivity index (χ1) is 11.9. The molecule has 0 saturated carbocycles. The van der Waals surface area contributed by atoms with Crippen molar-refractivity contribution in [2.45, 2.75) is 45.2 Å². The fourth-order valence-corrected chi connectivity index (χ4v) is 4.71. The van der Waals surface area contributed by atoms with Crippen LogP contribution in [0.5, 0.6) is 5.75 Å². The molecule has 25 heavy (non-hydrogen) atoms. The molecule has 0 bridgehead atoms.